The fourth-order valence-electron chi connectivity index (χ4n) is 3.61. The van der Waals surface area contributed by atoms with Crippen LogP contribution >= 0.6 is 0 Å². The molecule has 3 rings (SSSR count). The van der Waals surface area contributed by atoms with E-state index in [0.29, 0.717) is 24.7 Å². The van der Waals surface area contributed by atoms with E-state index in [-0.39, 0.29) is 11.6 Å². The van der Waals surface area contributed by atoms with Crippen molar-refractivity contribution in [1.82, 2.24) is 0 Å². The molecule has 0 aromatic heterocycles. The van der Waals surface area contributed by atoms with Crippen LogP contribution in [0.5, 0.6) is 0 Å². The average molecular weight is 306 g/mol. The van der Waals surface area contributed by atoms with Gasteiger partial charge < -0.3 is 0 Å². The van der Waals surface area contributed by atoms with Gasteiger partial charge in [0.25, 0.3) is 0 Å². The molecule has 0 amide bonds. The van der Waals surface area contributed by atoms with E-state index in [9.17, 15) is 9.59 Å². The van der Waals surface area contributed by atoms with E-state index in [1.54, 1.807) is 0 Å². The molecule has 0 bridgehead atoms. The van der Waals surface area contributed by atoms with Crippen molar-refractivity contribution in [2.75, 3.05) is 0 Å². The standard InChI is InChI=1S/C21H22O2/c22-20(16-8-3-1-4-9-16)14-18-12-7-13-19(18)15-21(23)17-10-5-2-6-11-17/h1-6,8-11,18-19H,7,12-15H2/t18-,19+. The fourth-order valence-corrected chi connectivity index (χ4v) is 3.61. The minimum absolute atomic E-state index is 0.203. The first kappa shape index (κ1) is 15.7. The number of carbonyl (C=O) groups is 2. The second-order valence-electron chi connectivity index (χ2n) is 6.44. The van der Waals surface area contributed by atoms with Crippen molar-refractivity contribution in [3.63, 3.8) is 0 Å². The van der Waals surface area contributed by atoms with Crippen LogP contribution in [0.25, 0.3) is 0 Å². The summed E-state index contributed by atoms with van der Waals surface area (Å²) in [5.41, 5.74) is 1.57. The highest BCUT2D eigenvalue weighted by atomic mass is 16.1. The van der Waals surface area contributed by atoms with Gasteiger partial charge in [-0.05, 0) is 24.7 Å². The zero-order chi connectivity index (χ0) is 16.1. The lowest BCUT2D eigenvalue weighted by molar-refractivity contribution is 0.0905. The molecule has 0 heterocycles. The molecule has 23 heavy (non-hydrogen) atoms. The zero-order valence-electron chi connectivity index (χ0n) is 13.3. The van der Waals surface area contributed by atoms with Crippen molar-refractivity contribution in [2.45, 2.75) is 32.1 Å². The summed E-state index contributed by atoms with van der Waals surface area (Å²) < 4.78 is 0. The van der Waals surface area contributed by atoms with Crippen molar-refractivity contribution >= 4 is 11.6 Å². The highest BCUT2D eigenvalue weighted by molar-refractivity contribution is 5.97. The van der Waals surface area contributed by atoms with Crippen LogP contribution in [0.2, 0.25) is 0 Å². The molecule has 2 atom stereocenters. The Bertz CT molecular complexity index is 601. The molecule has 1 fully saturated rings. The molecule has 0 saturated heterocycles. The van der Waals surface area contributed by atoms with E-state index >= 15 is 0 Å². The quantitative estimate of drug-likeness (QED) is 0.708. The Hall–Kier alpha value is -2.22. The maximum atomic E-state index is 12.4. The van der Waals surface area contributed by atoms with E-state index in [2.05, 4.69) is 0 Å². The minimum atomic E-state index is 0.203. The van der Waals surface area contributed by atoms with Crippen LogP contribution in [0.1, 0.15) is 52.8 Å². The second kappa shape index (κ2) is 7.36. The largest absolute Gasteiger partial charge is 0.294 e. The molecule has 2 aromatic carbocycles. The molecule has 0 spiro atoms. The van der Waals surface area contributed by atoms with Crippen LogP contribution in [0, 0.1) is 11.8 Å². The minimum Gasteiger partial charge on any atom is -0.294 e. The number of ketones is 2. The van der Waals surface area contributed by atoms with Crippen molar-refractivity contribution in [2.24, 2.45) is 11.8 Å². The first-order valence-corrected chi connectivity index (χ1v) is 8.40. The van der Waals surface area contributed by atoms with Gasteiger partial charge in [0, 0.05) is 24.0 Å². The zero-order valence-corrected chi connectivity index (χ0v) is 13.3. The number of hydrogen-bond acceptors (Lipinski definition) is 2. The monoisotopic (exact) mass is 306 g/mol. The Balaban J connectivity index is 1.62. The molecule has 1 aliphatic rings. The van der Waals surface area contributed by atoms with Gasteiger partial charge in [-0.15, -0.1) is 0 Å². The third-order valence-corrected chi connectivity index (χ3v) is 4.90. The van der Waals surface area contributed by atoms with E-state index in [0.717, 1.165) is 30.4 Å². The van der Waals surface area contributed by atoms with Crippen molar-refractivity contribution in [3.8, 4) is 0 Å². The molecule has 118 valence electrons. The number of carbonyl (C=O) groups excluding carboxylic acids is 2. The number of rotatable bonds is 6. The van der Waals surface area contributed by atoms with Crippen LogP contribution in [0.15, 0.2) is 60.7 Å². The third-order valence-electron chi connectivity index (χ3n) is 4.90. The van der Waals surface area contributed by atoms with Gasteiger partial charge in [0.1, 0.15) is 0 Å². The second-order valence-corrected chi connectivity index (χ2v) is 6.44. The predicted molar refractivity (Wildman–Crippen MR) is 91.6 cm³/mol. The van der Waals surface area contributed by atoms with E-state index < -0.39 is 0 Å². The summed E-state index contributed by atoms with van der Waals surface area (Å²) in [6.07, 6.45) is 4.38. The summed E-state index contributed by atoms with van der Waals surface area (Å²) in [5.74, 6) is 1.09. The molecular formula is C21H22O2. The van der Waals surface area contributed by atoms with Gasteiger partial charge in [-0.3, -0.25) is 9.59 Å². The number of Topliss-reactive ketones (excluding diaryl/α,β-unsaturated/α-hetero) is 2. The molecule has 2 aromatic rings. The Morgan fingerprint density at radius 3 is 1.48 bits per heavy atom. The number of hydrogen-bond donors (Lipinski definition) is 0. The lowest BCUT2D eigenvalue weighted by Crippen LogP contribution is -2.17. The SMILES string of the molecule is O=C(C[C@H]1CCC[C@H]1CC(=O)c1ccccc1)c1ccccc1. The molecule has 0 radical (unpaired) electrons. The first-order chi connectivity index (χ1) is 11.2. The van der Waals surface area contributed by atoms with Gasteiger partial charge in [0.15, 0.2) is 11.6 Å². The van der Waals surface area contributed by atoms with Crippen LogP contribution in [0.3, 0.4) is 0 Å². The Kier molecular flexibility index (Phi) is 5.02. The molecule has 0 N–H and O–H groups in total. The average Bonchev–Trinajstić information content (AvgIpc) is 3.03. The maximum absolute atomic E-state index is 12.4. The lowest BCUT2D eigenvalue weighted by Gasteiger charge is -2.18. The Labute approximate surface area is 137 Å². The van der Waals surface area contributed by atoms with Crippen molar-refractivity contribution in [3.05, 3.63) is 71.8 Å². The highest BCUT2D eigenvalue weighted by Gasteiger charge is 2.31. The van der Waals surface area contributed by atoms with Crippen molar-refractivity contribution in [1.29, 1.82) is 0 Å². The summed E-state index contributed by atoms with van der Waals surface area (Å²) >= 11 is 0. The van der Waals surface area contributed by atoms with Gasteiger partial charge in [-0.25, -0.2) is 0 Å². The number of benzene rings is 2. The van der Waals surface area contributed by atoms with Gasteiger partial charge in [0.2, 0.25) is 0 Å². The third kappa shape index (κ3) is 3.95. The summed E-state index contributed by atoms with van der Waals surface area (Å²) in [6, 6.07) is 19.0. The van der Waals surface area contributed by atoms with Gasteiger partial charge in [-0.2, -0.15) is 0 Å². The first-order valence-electron chi connectivity index (χ1n) is 8.40. The fraction of sp³-hybridized carbons (Fsp3) is 0.333. The lowest BCUT2D eigenvalue weighted by atomic mass is 9.85. The summed E-state index contributed by atoms with van der Waals surface area (Å²) in [6.45, 7) is 0. The van der Waals surface area contributed by atoms with Crippen molar-refractivity contribution < 1.29 is 9.59 Å². The highest BCUT2D eigenvalue weighted by Crippen LogP contribution is 2.37. The molecule has 0 unspecified atom stereocenters. The molecule has 1 aliphatic carbocycles. The molecule has 1 saturated carbocycles. The summed E-state index contributed by atoms with van der Waals surface area (Å²) in [5, 5.41) is 0. The van der Waals surface area contributed by atoms with E-state index in [4.69, 9.17) is 0 Å². The maximum Gasteiger partial charge on any atom is 0.163 e. The molecule has 2 heteroatoms. The molecule has 0 aliphatic heterocycles. The van der Waals surface area contributed by atoms with E-state index in [1.807, 2.05) is 60.7 Å². The van der Waals surface area contributed by atoms with Crippen LogP contribution < -0.4 is 0 Å². The van der Waals surface area contributed by atoms with Crippen LogP contribution in [-0.4, -0.2) is 11.6 Å². The normalized spacial score (nSPS) is 20.3. The topological polar surface area (TPSA) is 34.1 Å². The van der Waals surface area contributed by atoms with Gasteiger partial charge in [-0.1, -0.05) is 67.1 Å². The Morgan fingerprint density at radius 1 is 0.696 bits per heavy atom. The summed E-state index contributed by atoms with van der Waals surface area (Å²) in [4.78, 5) is 24.8. The van der Waals surface area contributed by atoms with Gasteiger partial charge in [0.05, 0.1) is 0 Å². The summed E-state index contributed by atoms with van der Waals surface area (Å²) in [7, 11) is 0. The van der Waals surface area contributed by atoms with Crippen LogP contribution in [-0.2, 0) is 0 Å². The smallest absolute Gasteiger partial charge is 0.163 e. The Morgan fingerprint density at radius 2 is 1.09 bits per heavy atom. The molecule has 2 nitrogen and oxygen atoms in total. The van der Waals surface area contributed by atoms with Gasteiger partial charge >= 0.3 is 0 Å². The van der Waals surface area contributed by atoms with E-state index in [1.165, 1.54) is 0 Å². The van der Waals surface area contributed by atoms with Crippen LogP contribution in [0.4, 0.5) is 0 Å². The molecular weight excluding hydrogens is 284 g/mol. The predicted octanol–water partition coefficient (Wildman–Crippen LogP) is 4.95.